The van der Waals surface area contributed by atoms with Crippen molar-refractivity contribution in [2.24, 2.45) is 0 Å². The van der Waals surface area contributed by atoms with Crippen LogP contribution in [0.25, 0.3) is 0 Å². The average Bonchev–Trinajstić information content (AvgIpc) is 2.42. The summed E-state index contributed by atoms with van der Waals surface area (Å²) in [5.74, 6) is 1.25. The van der Waals surface area contributed by atoms with Crippen molar-refractivity contribution < 1.29 is 20.0 Å². The zero-order valence-corrected chi connectivity index (χ0v) is 10.9. The van der Waals surface area contributed by atoms with Gasteiger partial charge in [0.1, 0.15) is 5.75 Å². The van der Waals surface area contributed by atoms with E-state index in [1.165, 1.54) is 0 Å². The van der Waals surface area contributed by atoms with Crippen LogP contribution >= 0.6 is 0 Å². The van der Waals surface area contributed by atoms with Crippen LogP contribution in [0.4, 0.5) is 0 Å². The lowest BCUT2D eigenvalue weighted by Crippen LogP contribution is -2.41. The molecule has 3 N–H and O–H groups in total. The molecule has 0 radical (unpaired) electrons. The number of rotatable bonds is 8. The minimum absolute atomic E-state index is 0.278. The summed E-state index contributed by atoms with van der Waals surface area (Å²) >= 11 is 0. The third-order valence-corrected chi connectivity index (χ3v) is 2.68. The molecule has 0 atom stereocenters. The highest BCUT2D eigenvalue weighted by atomic mass is 16.5. The fourth-order valence-electron chi connectivity index (χ4n) is 1.59. The summed E-state index contributed by atoms with van der Waals surface area (Å²) in [4.78, 5) is 0. The van der Waals surface area contributed by atoms with Crippen molar-refractivity contribution >= 4 is 5.90 Å². The summed E-state index contributed by atoms with van der Waals surface area (Å²) in [6.45, 7) is 0.980. The molecule has 0 spiro atoms. The van der Waals surface area contributed by atoms with Crippen molar-refractivity contribution in [1.82, 2.24) is 0 Å². The Labute approximate surface area is 108 Å². The number of unbranched alkanes of at least 4 members (excludes halogenated alkanes) is 3. The molecule has 1 aromatic rings. The zero-order valence-electron chi connectivity index (χ0n) is 10.9. The van der Waals surface area contributed by atoms with Gasteiger partial charge in [-0.1, -0.05) is 6.42 Å². The zero-order chi connectivity index (χ0) is 13.2. The molecule has 0 aliphatic heterocycles. The van der Waals surface area contributed by atoms with E-state index in [0.717, 1.165) is 37.0 Å². The fraction of sp³-hybridized carbons (Fsp3) is 0.500. The van der Waals surface area contributed by atoms with Crippen LogP contribution in [0.3, 0.4) is 0 Å². The maximum absolute atomic E-state index is 8.64. The minimum atomic E-state index is 0.278. The number of ether oxygens (including phenoxy) is 2. The molecule has 0 saturated carbocycles. The lowest BCUT2D eigenvalue weighted by molar-refractivity contribution is -0.135. The molecule has 0 amide bonds. The molecule has 1 aromatic carbocycles. The van der Waals surface area contributed by atoms with Crippen LogP contribution in [-0.2, 0) is 4.74 Å². The quantitative estimate of drug-likeness (QED) is 0.408. The highest BCUT2D eigenvalue weighted by Crippen LogP contribution is 2.13. The number of aliphatic hydroxyl groups excluding tert-OH is 1. The van der Waals surface area contributed by atoms with Gasteiger partial charge in [-0.2, -0.15) is 0 Å². The first-order valence-corrected chi connectivity index (χ1v) is 6.28. The van der Waals surface area contributed by atoms with Crippen molar-refractivity contribution in [3.05, 3.63) is 29.8 Å². The molecule has 4 nitrogen and oxygen atoms in total. The van der Waals surface area contributed by atoms with E-state index in [1.807, 2.05) is 24.3 Å². The van der Waals surface area contributed by atoms with Gasteiger partial charge in [0.25, 0.3) is 0 Å². The summed E-state index contributed by atoms with van der Waals surface area (Å²) in [6, 6.07) is 7.52. The second-order valence-electron chi connectivity index (χ2n) is 4.08. The van der Waals surface area contributed by atoms with E-state index in [-0.39, 0.29) is 6.61 Å². The minimum Gasteiger partial charge on any atom is -0.494 e. The molecule has 0 aliphatic carbocycles. The summed E-state index contributed by atoms with van der Waals surface area (Å²) < 4.78 is 10.5. The van der Waals surface area contributed by atoms with Gasteiger partial charge in [-0.25, -0.2) is 5.41 Å². The van der Waals surface area contributed by atoms with E-state index >= 15 is 0 Å². The molecule has 0 bridgehead atoms. The Morgan fingerprint density at radius 1 is 1.11 bits per heavy atom. The predicted octanol–water partition coefficient (Wildman–Crippen LogP) is 0.770. The van der Waals surface area contributed by atoms with Crippen LogP contribution in [0.1, 0.15) is 31.2 Å². The van der Waals surface area contributed by atoms with Gasteiger partial charge in [0.05, 0.1) is 19.3 Å². The first-order valence-electron chi connectivity index (χ1n) is 6.28. The summed E-state index contributed by atoms with van der Waals surface area (Å²) in [6.07, 6.45) is 4.02. The lowest BCUT2D eigenvalue weighted by Gasteiger charge is -2.06. The highest BCUT2D eigenvalue weighted by molar-refractivity contribution is 5.89. The van der Waals surface area contributed by atoms with Crippen LogP contribution in [0, 0.1) is 0 Å². The Morgan fingerprint density at radius 3 is 2.39 bits per heavy atom. The van der Waals surface area contributed by atoms with Gasteiger partial charge in [-0.3, -0.25) is 0 Å². The summed E-state index contributed by atoms with van der Waals surface area (Å²) in [5.41, 5.74) is 0.854. The van der Waals surface area contributed by atoms with Gasteiger partial charge in [0, 0.05) is 6.61 Å². The largest absolute Gasteiger partial charge is 0.494 e. The second kappa shape index (κ2) is 8.53. The Hall–Kier alpha value is -1.55. The third-order valence-electron chi connectivity index (χ3n) is 2.68. The van der Waals surface area contributed by atoms with Gasteiger partial charge >= 0.3 is 5.90 Å². The average molecular weight is 252 g/mol. The molecule has 0 heterocycles. The standard InChI is InChI=1S/C14H21NO3/c1-17-14(15)12-6-8-13(9-7-12)18-11-5-3-2-4-10-16/h6-9,15-16H,2-5,10-11H2,1H3/p+1. The van der Waals surface area contributed by atoms with Gasteiger partial charge in [0.2, 0.25) is 0 Å². The summed E-state index contributed by atoms with van der Waals surface area (Å²) in [5, 5.41) is 14.3. The number of benzene rings is 1. The molecule has 100 valence electrons. The SMILES string of the molecule is COC(=[NH2+])c1ccc(OCCCCCCO)cc1. The number of nitrogens with two attached hydrogens (primary N) is 1. The molecule has 0 unspecified atom stereocenters. The monoisotopic (exact) mass is 252 g/mol. The van der Waals surface area contributed by atoms with E-state index in [4.69, 9.17) is 20.0 Å². The maximum Gasteiger partial charge on any atom is 0.366 e. The van der Waals surface area contributed by atoms with E-state index in [2.05, 4.69) is 0 Å². The number of methoxy groups -OCH3 is 1. The molecule has 0 fully saturated rings. The Morgan fingerprint density at radius 2 is 1.78 bits per heavy atom. The number of aliphatic hydroxyl groups is 1. The first kappa shape index (κ1) is 14.5. The van der Waals surface area contributed by atoms with Crippen molar-refractivity contribution in [2.75, 3.05) is 20.3 Å². The van der Waals surface area contributed by atoms with Crippen LogP contribution < -0.4 is 10.1 Å². The lowest BCUT2D eigenvalue weighted by atomic mass is 10.2. The maximum atomic E-state index is 8.64. The Bertz CT molecular complexity index is 349. The molecule has 18 heavy (non-hydrogen) atoms. The van der Waals surface area contributed by atoms with Gasteiger partial charge in [0.15, 0.2) is 0 Å². The van der Waals surface area contributed by atoms with Gasteiger partial charge < -0.3 is 14.6 Å². The van der Waals surface area contributed by atoms with Gasteiger partial charge in [-0.05, 0) is 43.5 Å². The molecule has 0 saturated heterocycles. The van der Waals surface area contributed by atoms with Crippen LogP contribution in [0.15, 0.2) is 24.3 Å². The number of hydrogen-bond acceptors (Lipinski definition) is 3. The predicted molar refractivity (Wildman–Crippen MR) is 70.5 cm³/mol. The Balaban J connectivity index is 2.25. The van der Waals surface area contributed by atoms with E-state index < -0.39 is 0 Å². The molecular formula is C14H22NO3+. The van der Waals surface area contributed by atoms with E-state index in [0.29, 0.717) is 12.5 Å². The number of hydrogen-bond donors (Lipinski definition) is 2. The molecule has 0 aromatic heterocycles. The van der Waals surface area contributed by atoms with Crippen molar-refractivity contribution in [3.63, 3.8) is 0 Å². The molecule has 4 heteroatoms. The molecule has 1 rings (SSSR count). The third kappa shape index (κ3) is 5.19. The fourth-order valence-corrected chi connectivity index (χ4v) is 1.59. The molecular weight excluding hydrogens is 230 g/mol. The highest BCUT2D eigenvalue weighted by Gasteiger charge is 2.05. The second-order valence-corrected chi connectivity index (χ2v) is 4.08. The van der Waals surface area contributed by atoms with E-state index in [1.54, 1.807) is 7.11 Å². The van der Waals surface area contributed by atoms with Crippen molar-refractivity contribution in [1.29, 1.82) is 0 Å². The van der Waals surface area contributed by atoms with E-state index in [9.17, 15) is 0 Å². The smallest absolute Gasteiger partial charge is 0.366 e. The van der Waals surface area contributed by atoms with Crippen LogP contribution in [-0.4, -0.2) is 31.3 Å². The molecule has 0 aliphatic rings. The van der Waals surface area contributed by atoms with Gasteiger partial charge in [-0.15, -0.1) is 0 Å². The topological polar surface area (TPSA) is 64.3 Å². The van der Waals surface area contributed by atoms with Crippen molar-refractivity contribution in [2.45, 2.75) is 25.7 Å². The van der Waals surface area contributed by atoms with Crippen LogP contribution in [0.2, 0.25) is 0 Å². The van der Waals surface area contributed by atoms with Crippen LogP contribution in [0.5, 0.6) is 5.75 Å². The summed E-state index contributed by atoms with van der Waals surface area (Å²) in [7, 11) is 1.55. The first-order chi connectivity index (χ1) is 8.77. The normalized spacial score (nSPS) is 10.1. The van der Waals surface area contributed by atoms with Crippen molar-refractivity contribution in [3.8, 4) is 5.75 Å². The Kier molecular flexibility index (Phi) is 6.87.